The van der Waals surface area contributed by atoms with Crippen LogP contribution in [0.2, 0.25) is 0 Å². The summed E-state index contributed by atoms with van der Waals surface area (Å²) in [6, 6.07) is 0. The molecule has 0 atom stereocenters. The van der Waals surface area contributed by atoms with Crippen LogP contribution in [-0.4, -0.2) is 0 Å². The molecule has 0 aromatic carbocycles. The van der Waals surface area contributed by atoms with E-state index in [9.17, 15) is 0 Å². The van der Waals surface area contributed by atoms with Gasteiger partial charge in [-0.2, -0.15) is 0 Å². The van der Waals surface area contributed by atoms with E-state index in [1.165, 1.54) is 205 Å². The second-order valence-electron chi connectivity index (χ2n) is 12.1. The molecule has 0 aromatic heterocycles. The summed E-state index contributed by atoms with van der Waals surface area (Å²) >= 11 is 0. The highest BCUT2D eigenvalue weighted by molar-refractivity contribution is 4.84. The monoisotopic (exact) mass is 517 g/mol. The molecule has 0 unspecified atom stereocenters. The van der Waals surface area contributed by atoms with Crippen molar-refractivity contribution in [2.24, 2.45) is 0 Å². The molecule has 0 aliphatic heterocycles. The molecule has 0 radical (unpaired) electrons. The SMILES string of the molecule is CCCCCCCCCCCCCCCCCC=C=CCCCCCCCCCCCCCCCCC. The maximum Gasteiger partial charge on any atom is -0.0274 e. The van der Waals surface area contributed by atoms with E-state index in [0.29, 0.717) is 0 Å². The third kappa shape index (κ3) is 35.5. The van der Waals surface area contributed by atoms with E-state index >= 15 is 0 Å². The van der Waals surface area contributed by atoms with E-state index in [4.69, 9.17) is 0 Å². The Morgan fingerprint density at radius 2 is 0.459 bits per heavy atom. The fraction of sp³-hybridized carbons (Fsp3) is 0.919. The first-order valence-corrected chi connectivity index (χ1v) is 17.8. The zero-order valence-corrected chi connectivity index (χ0v) is 26.3. The van der Waals surface area contributed by atoms with Crippen LogP contribution in [0, 0.1) is 0 Å². The number of unbranched alkanes of at least 4 members (excludes halogenated alkanes) is 30. The van der Waals surface area contributed by atoms with Gasteiger partial charge in [0.25, 0.3) is 0 Å². The maximum atomic E-state index is 3.43. The Morgan fingerprint density at radius 1 is 0.270 bits per heavy atom. The third-order valence-electron chi connectivity index (χ3n) is 8.14. The molecule has 220 valence electrons. The molecule has 0 nitrogen and oxygen atoms in total. The summed E-state index contributed by atoms with van der Waals surface area (Å²) in [6.07, 6.45) is 50.5. The zero-order chi connectivity index (χ0) is 26.7. The lowest BCUT2D eigenvalue weighted by molar-refractivity contribution is 0.532. The van der Waals surface area contributed by atoms with Crippen molar-refractivity contribution >= 4 is 0 Å². The molecule has 0 aliphatic carbocycles. The van der Waals surface area contributed by atoms with Crippen LogP contribution in [0.4, 0.5) is 0 Å². The first-order chi connectivity index (χ1) is 18.4. The lowest BCUT2D eigenvalue weighted by atomic mass is 10.0. The van der Waals surface area contributed by atoms with Crippen LogP contribution in [0.3, 0.4) is 0 Å². The first-order valence-electron chi connectivity index (χ1n) is 17.8. The van der Waals surface area contributed by atoms with Crippen LogP contribution in [0.25, 0.3) is 0 Å². The molecular formula is C37H72. The molecule has 0 spiro atoms. The average molecular weight is 517 g/mol. The van der Waals surface area contributed by atoms with Gasteiger partial charge in [-0.05, 0) is 37.8 Å². The molecule has 0 aromatic rings. The van der Waals surface area contributed by atoms with Gasteiger partial charge in [0.15, 0.2) is 0 Å². The van der Waals surface area contributed by atoms with E-state index in [1.807, 2.05) is 0 Å². The van der Waals surface area contributed by atoms with Crippen LogP contribution in [0.1, 0.15) is 219 Å². The molecule has 0 heterocycles. The number of hydrogen-bond donors (Lipinski definition) is 0. The minimum Gasteiger partial charge on any atom is -0.130 e. The summed E-state index contributed by atoms with van der Waals surface area (Å²) in [5.74, 6) is 0. The zero-order valence-electron chi connectivity index (χ0n) is 26.3. The normalized spacial score (nSPS) is 11.1. The average Bonchev–Trinajstić information content (AvgIpc) is 2.91. The molecule has 0 bridgehead atoms. The van der Waals surface area contributed by atoms with Gasteiger partial charge in [0, 0.05) is 0 Å². The lowest BCUT2D eigenvalue weighted by Crippen LogP contribution is -1.83. The fourth-order valence-electron chi connectivity index (χ4n) is 5.49. The quantitative estimate of drug-likeness (QED) is 0.0616. The fourth-order valence-corrected chi connectivity index (χ4v) is 5.49. The number of rotatable bonds is 32. The summed E-state index contributed by atoms with van der Waals surface area (Å²) in [6.45, 7) is 4.61. The van der Waals surface area contributed by atoms with Crippen molar-refractivity contribution in [3.05, 3.63) is 17.9 Å². The summed E-state index contributed by atoms with van der Waals surface area (Å²) in [4.78, 5) is 0. The third-order valence-corrected chi connectivity index (χ3v) is 8.14. The lowest BCUT2D eigenvalue weighted by Gasteiger charge is -2.03. The van der Waals surface area contributed by atoms with Crippen LogP contribution in [0.5, 0.6) is 0 Å². The van der Waals surface area contributed by atoms with Gasteiger partial charge < -0.3 is 0 Å². The van der Waals surface area contributed by atoms with E-state index in [1.54, 1.807) is 0 Å². The molecule has 0 fully saturated rings. The minimum atomic E-state index is 1.23. The molecule has 0 amide bonds. The topological polar surface area (TPSA) is 0 Å². The van der Waals surface area contributed by atoms with Gasteiger partial charge in [0.05, 0.1) is 0 Å². The predicted molar refractivity (Wildman–Crippen MR) is 172 cm³/mol. The van der Waals surface area contributed by atoms with Crippen molar-refractivity contribution in [3.63, 3.8) is 0 Å². The van der Waals surface area contributed by atoms with Gasteiger partial charge in [-0.25, -0.2) is 0 Å². The van der Waals surface area contributed by atoms with Gasteiger partial charge in [0.1, 0.15) is 0 Å². The number of hydrogen-bond acceptors (Lipinski definition) is 0. The molecule has 0 saturated heterocycles. The van der Waals surface area contributed by atoms with Crippen molar-refractivity contribution in [1.82, 2.24) is 0 Å². The summed E-state index contributed by atoms with van der Waals surface area (Å²) in [5.41, 5.74) is 3.43. The summed E-state index contributed by atoms with van der Waals surface area (Å²) in [5, 5.41) is 0. The van der Waals surface area contributed by atoms with Crippen molar-refractivity contribution in [2.75, 3.05) is 0 Å². The van der Waals surface area contributed by atoms with Crippen molar-refractivity contribution in [1.29, 1.82) is 0 Å². The minimum absolute atomic E-state index is 1.23. The molecule has 0 heteroatoms. The summed E-state index contributed by atoms with van der Waals surface area (Å²) in [7, 11) is 0. The standard InChI is InChI=1S/C37H72/c1-3-5-7-9-11-13-15-17-19-21-23-25-27-29-31-33-35-37-36-34-32-30-28-26-24-22-20-18-16-14-12-10-8-6-4-2/h35-36H,3-34H2,1-2H3. The molecular weight excluding hydrogens is 444 g/mol. The van der Waals surface area contributed by atoms with Crippen molar-refractivity contribution in [3.8, 4) is 0 Å². The Bertz CT molecular complexity index is 403. The molecule has 0 aliphatic rings. The highest BCUT2D eigenvalue weighted by atomic mass is 14.0. The Kier molecular flexibility index (Phi) is 35.1. The second-order valence-corrected chi connectivity index (χ2v) is 12.1. The van der Waals surface area contributed by atoms with Crippen molar-refractivity contribution in [2.45, 2.75) is 219 Å². The maximum absolute atomic E-state index is 3.43. The molecule has 0 saturated carbocycles. The summed E-state index contributed by atoms with van der Waals surface area (Å²) < 4.78 is 0. The second kappa shape index (κ2) is 35.5. The van der Waals surface area contributed by atoms with Gasteiger partial charge >= 0.3 is 0 Å². The number of allylic oxidation sites excluding steroid dienone is 1. The molecule has 37 heavy (non-hydrogen) atoms. The smallest absolute Gasteiger partial charge is 0.0274 e. The van der Waals surface area contributed by atoms with Gasteiger partial charge in [0.2, 0.25) is 0 Å². The predicted octanol–water partition coefficient (Wildman–Crippen LogP) is 14.2. The Hall–Kier alpha value is -0.480. The molecule has 0 rings (SSSR count). The van der Waals surface area contributed by atoms with Crippen LogP contribution in [-0.2, 0) is 0 Å². The highest BCUT2D eigenvalue weighted by Gasteiger charge is 1.95. The van der Waals surface area contributed by atoms with Gasteiger partial charge in [-0.1, -0.05) is 194 Å². The Balaban J connectivity index is 3.14. The van der Waals surface area contributed by atoms with Crippen LogP contribution >= 0.6 is 0 Å². The van der Waals surface area contributed by atoms with Crippen molar-refractivity contribution < 1.29 is 0 Å². The highest BCUT2D eigenvalue weighted by Crippen LogP contribution is 2.15. The first kappa shape index (κ1) is 36.5. The van der Waals surface area contributed by atoms with Crippen LogP contribution < -0.4 is 0 Å². The largest absolute Gasteiger partial charge is 0.130 e. The van der Waals surface area contributed by atoms with E-state index in [-0.39, 0.29) is 0 Å². The molecule has 0 N–H and O–H groups in total. The van der Waals surface area contributed by atoms with E-state index in [0.717, 1.165) is 0 Å². The van der Waals surface area contributed by atoms with E-state index < -0.39 is 0 Å². The van der Waals surface area contributed by atoms with E-state index in [2.05, 4.69) is 31.7 Å². The van der Waals surface area contributed by atoms with Gasteiger partial charge in [-0.15, -0.1) is 5.73 Å². The Morgan fingerprint density at radius 3 is 0.676 bits per heavy atom. The Labute approximate surface area is 236 Å². The van der Waals surface area contributed by atoms with Gasteiger partial charge in [-0.3, -0.25) is 0 Å². The van der Waals surface area contributed by atoms with Crippen LogP contribution in [0.15, 0.2) is 17.9 Å².